The zero-order chi connectivity index (χ0) is 14.8. The normalized spacial score (nSPS) is 25.9. The Morgan fingerprint density at radius 1 is 1.30 bits per heavy atom. The van der Waals surface area contributed by atoms with Crippen LogP contribution in [0.5, 0.6) is 0 Å². The van der Waals surface area contributed by atoms with Gasteiger partial charge in [-0.15, -0.1) is 0 Å². The van der Waals surface area contributed by atoms with Crippen LogP contribution in [0.2, 0.25) is 0 Å². The molecule has 1 atom stereocenters. The van der Waals surface area contributed by atoms with E-state index in [9.17, 15) is 9.90 Å². The number of nitrogens with zero attached hydrogens (tertiary/aromatic N) is 2. The number of carboxylic acid groups (broad SMARTS) is 1. The molecule has 0 saturated carbocycles. The van der Waals surface area contributed by atoms with Crippen LogP contribution in [-0.2, 0) is 4.74 Å². The van der Waals surface area contributed by atoms with E-state index < -0.39 is 6.09 Å². The first-order valence-electron chi connectivity index (χ1n) is 7.70. The monoisotopic (exact) mass is 284 g/mol. The molecule has 0 unspecified atom stereocenters. The fourth-order valence-corrected chi connectivity index (χ4v) is 3.29. The number of carbonyl (C=O) groups is 1. The molecule has 2 heterocycles. The van der Waals surface area contributed by atoms with Gasteiger partial charge in [-0.1, -0.05) is 0 Å². The molecule has 0 aromatic heterocycles. The second kappa shape index (κ2) is 6.31. The molecule has 0 spiro atoms. The second-order valence-corrected chi connectivity index (χ2v) is 7.06. The van der Waals surface area contributed by atoms with E-state index in [1.807, 2.05) is 20.8 Å². The molecule has 0 aliphatic carbocycles. The zero-order valence-corrected chi connectivity index (χ0v) is 13.0. The van der Waals surface area contributed by atoms with E-state index in [1.165, 1.54) is 0 Å². The van der Waals surface area contributed by atoms with Crippen molar-refractivity contribution in [1.82, 2.24) is 9.80 Å². The van der Waals surface area contributed by atoms with Crippen molar-refractivity contribution in [2.45, 2.75) is 51.6 Å². The number of amides is 1. The third kappa shape index (κ3) is 3.85. The maximum atomic E-state index is 11.4. The van der Waals surface area contributed by atoms with E-state index in [2.05, 4.69) is 4.90 Å². The molecule has 116 valence electrons. The summed E-state index contributed by atoms with van der Waals surface area (Å²) in [6, 6.07) is 0.640. The van der Waals surface area contributed by atoms with Gasteiger partial charge in [0.25, 0.3) is 0 Å². The van der Waals surface area contributed by atoms with Gasteiger partial charge in [0.2, 0.25) is 0 Å². The molecule has 2 aliphatic rings. The summed E-state index contributed by atoms with van der Waals surface area (Å²) in [6.45, 7) is 10.4. The topological polar surface area (TPSA) is 53.0 Å². The Labute approximate surface area is 121 Å². The van der Waals surface area contributed by atoms with Crippen LogP contribution in [-0.4, -0.2) is 65.4 Å². The molecule has 2 rings (SSSR count). The van der Waals surface area contributed by atoms with Crippen molar-refractivity contribution >= 4 is 6.09 Å². The molecule has 2 saturated heterocycles. The summed E-state index contributed by atoms with van der Waals surface area (Å²) in [5, 5.41) is 9.38. The minimum absolute atomic E-state index is 0.321. The van der Waals surface area contributed by atoms with Gasteiger partial charge in [0, 0.05) is 37.9 Å². The van der Waals surface area contributed by atoms with Crippen molar-refractivity contribution in [3.8, 4) is 0 Å². The standard InChI is InChI=1S/C15H28N2O3/c1-15(2,3)17(14(18)19)11-12-4-7-16(10-12)13-5-8-20-9-6-13/h12-13H,4-11H2,1-3H3,(H,18,19)/t12-/m0/s1. The van der Waals surface area contributed by atoms with Crippen LogP contribution >= 0.6 is 0 Å². The lowest BCUT2D eigenvalue weighted by atomic mass is 10.0. The van der Waals surface area contributed by atoms with Gasteiger partial charge < -0.3 is 14.7 Å². The lowest BCUT2D eigenvalue weighted by Crippen LogP contribution is -2.48. The Morgan fingerprint density at radius 3 is 2.50 bits per heavy atom. The van der Waals surface area contributed by atoms with Crippen LogP contribution in [0, 0.1) is 5.92 Å². The van der Waals surface area contributed by atoms with Gasteiger partial charge in [-0.25, -0.2) is 4.79 Å². The van der Waals surface area contributed by atoms with E-state index >= 15 is 0 Å². The van der Waals surface area contributed by atoms with Crippen molar-refractivity contribution in [2.75, 3.05) is 32.8 Å². The molecule has 2 aliphatic heterocycles. The lowest BCUT2D eigenvalue weighted by molar-refractivity contribution is 0.0396. The van der Waals surface area contributed by atoms with Gasteiger partial charge >= 0.3 is 6.09 Å². The fraction of sp³-hybridized carbons (Fsp3) is 0.933. The highest BCUT2D eigenvalue weighted by molar-refractivity contribution is 5.66. The molecular weight excluding hydrogens is 256 g/mol. The van der Waals surface area contributed by atoms with Crippen molar-refractivity contribution in [3.63, 3.8) is 0 Å². The number of ether oxygens (including phenoxy) is 1. The van der Waals surface area contributed by atoms with Crippen LogP contribution in [0.3, 0.4) is 0 Å². The highest BCUT2D eigenvalue weighted by Crippen LogP contribution is 2.26. The van der Waals surface area contributed by atoms with Gasteiger partial charge in [-0.2, -0.15) is 0 Å². The molecule has 0 aromatic carbocycles. The Hall–Kier alpha value is -0.810. The summed E-state index contributed by atoms with van der Waals surface area (Å²) in [5.41, 5.74) is -0.321. The number of rotatable bonds is 3. The maximum absolute atomic E-state index is 11.4. The van der Waals surface area contributed by atoms with E-state index in [4.69, 9.17) is 4.74 Å². The molecule has 2 fully saturated rings. The summed E-state index contributed by atoms with van der Waals surface area (Å²) in [4.78, 5) is 15.5. The number of hydrogen-bond acceptors (Lipinski definition) is 3. The van der Waals surface area contributed by atoms with Crippen molar-refractivity contribution in [1.29, 1.82) is 0 Å². The minimum atomic E-state index is -0.804. The first-order chi connectivity index (χ1) is 9.38. The summed E-state index contributed by atoms with van der Waals surface area (Å²) >= 11 is 0. The highest BCUT2D eigenvalue weighted by Gasteiger charge is 2.34. The van der Waals surface area contributed by atoms with Gasteiger partial charge in [-0.3, -0.25) is 4.90 Å². The van der Waals surface area contributed by atoms with Crippen molar-refractivity contribution in [3.05, 3.63) is 0 Å². The van der Waals surface area contributed by atoms with Crippen LogP contribution in [0.25, 0.3) is 0 Å². The quantitative estimate of drug-likeness (QED) is 0.864. The van der Waals surface area contributed by atoms with Crippen LogP contribution in [0.1, 0.15) is 40.0 Å². The SMILES string of the molecule is CC(C)(C)N(C[C@H]1CCN(C2CCOCC2)C1)C(=O)O. The minimum Gasteiger partial charge on any atom is -0.465 e. The van der Waals surface area contributed by atoms with E-state index in [0.717, 1.165) is 45.6 Å². The first-order valence-corrected chi connectivity index (χ1v) is 7.70. The third-order valence-corrected chi connectivity index (χ3v) is 4.51. The molecule has 5 heteroatoms. The fourth-order valence-electron chi connectivity index (χ4n) is 3.29. The third-order valence-electron chi connectivity index (χ3n) is 4.51. The van der Waals surface area contributed by atoms with E-state index in [0.29, 0.717) is 18.5 Å². The lowest BCUT2D eigenvalue weighted by Gasteiger charge is -2.35. The van der Waals surface area contributed by atoms with E-state index in [1.54, 1.807) is 4.90 Å². The molecule has 5 nitrogen and oxygen atoms in total. The molecule has 0 aromatic rings. The number of likely N-dealkylation sites (tertiary alicyclic amines) is 1. The highest BCUT2D eigenvalue weighted by atomic mass is 16.5. The summed E-state index contributed by atoms with van der Waals surface area (Å²) < 4.78 is 5.41. The number of hydrogen-bond donors (Lipinski definition) is 1. The van der Waals surface area contributed by atoms with Crippen LogP contribution in [0.4, 0.5) is 4.79 Å². The Kier molecular flexibility index (Phi) is 4.91. The molecule has 0 bridgehead atoms. The van der Waals surface area contributed by atoms with Gasteiger partial charge in [0.15, 0.2) is 0 Å². The summed E-state index contributed by atoms with van der Waals surface area (Å²) in [7, 11) is 0. The van der Waals surface area contributed by atoms with Gasteiger partial charge in [0.1, 0.15) is 0 Å². The molecule has 20 heavy (non-hydrogen) atoms. The Balaban J connectivity index is 1.87. The van der Waals surface area contributed by atoms with Crippen molar-refractivity contribution < 1.29 is 14.6 Å². The smallest absolute Gasteiger partial charge is 0.407 e. The largest absolute Gasteiger partial charge is 0.465 e. The molecule has 0 radical (unpaired) electrons. The first kappa shape index (κ1) is 15.6. The zero-order valence-electron chi connectivity index (χ0n) is 13.0. The van der Waals surface area contributed by atoms with Crippen LogP contribution < -0.4 is 0 Å². The van der Waals surface area contributed by atoms with Crippen molar-refractivity contribution in [2.24, 2.45) is 5.92 Å². The Bertz CT molecular complexity index is 335. The van der Waals surface area contributed by atoms with E-state index in [-0.39, 0.29) is 5.54 Å². The molecule has 1 N–H and O–H groups in total. The maximum Gasteiger partial charge on any atom is 0.407 e. The van der Waals surface area contributed by atoms with Gasteiger partial charge in [-0.05, 0) is 52.5 Å². The summed E-state index contributed by atoms with van der Waals surface area (Å²) in [6.07, 6.45) is 2.54. The van der Waals surface area contributed by atoms with Crippen LogP contribution in [0.15, 0.2) is 0 Å². The average molecular weight is 284 g/mol. The average Bonchev–Trinajstić information content (AvgIpc) is 2.84. The Morgan fingerprint density at radius 2 is 1.95 bits per heavy atom. The molecular formula is C15H28N2O3. The second-order valence-electron chi connectivity index (χ2n) is 7.06. The van der Waals surface area contributed by atoms with Gasteiger partial charge in [0.05, 0.1) is 0 Å². The molecule has 1 amide bonds. The predicted molar refractivity (Wildman–Crippen MR) is 78.0 cm³/mol. The predicted octanol–water partition coefficient (Wildman–Crippen LogP) is 2.27. The summed E-state index contributed by atoms with van der Waals surface area (Å²) in [5.74, 6) is 0.466.